The van der Waals surface area contributed by atoms with Gasteiger partial charge in [0.05, 0.1) is 17.8 Å². The number of carbonyl (C=O) groups excluding carboxylic acids is 1. The smallest absolute Gasteiger partial charge is 0.297 e. The number of aryl methyl sites for hydroxylation is 1. The molecule has 3 aromatic rings. The van der Waals surface area contributed by atoms with Crippen molar-refractivity contribution in [1.82, 2.24) is 14.9 Å². The molecule has 1 amide bonds. The molecule has 0 unspecified atom stereocenters. The Labute approximate surface area is 216 Å². The van der Waals surface area contributed by atoms with E-state index in [4.69, 9.17) is 4.74 Å². The molecule has 1 heterocycles. The Bertz CT molecular complexity index is 1360. The lowest BCUT2D eigenvalue weighted by molar-refractivity contribution is 0.0951. The fourth-order valence-corrected chi connectivity index (χ4v) is 4.54. The van der Waals surface area contributed by atoms with Crippen LogP contribution >= 0.6 is 0 Å². The van der Waals surface area contributed by atoms with Gasteiger partial charge >= 0.3 is 0 Å². The van der Waals surface area contributed by atoms with E-state index in [0.717, 1.165) is 50.5 Å². The average molecular weight is 505 g/mol. The molecule has 1 aromatic heterocycles. The quantitative estimate of drug-likeness (QED) is 0.349. The Morgan fingerprint density at radius 2 is 2.00 bits per heavy atom. The molecule has 2 aromatic carbocycles. The Hall–Kier alpha value is -3.68. The van der Waals surface area contributed by atoms with Gasteiger partial charge in [-0.25, -0.2) is 9.37 Å². The predicted octanol–water partition coefficient (Wildman–Crippen LogP) is 5.24. The van der Waals surface area contributed by atoms with Crippen LogP contribution in [0.2, 0.25) is 0 Å². The van der Waals surface area contributed by atoms with Crippen LogP contribution in [-0.2, 0) is 5.54 Å². The number of aromatic nitrogens is 2. The fourth-order valence-electron chi connectivity index (χ4n) is 4.54. The van der Waals surface area contributed by atoms with Gasteiger partial charge in [-0.1, -0.05) is 25.8 Å². The third kappa shape index (κ3) is 5.53. The van der Waals surface area contributed by atoms with Crippen LogP contribution in [0, 0.1) is 12.7 Å². The van der Waals surface area contributed by atoms with E-state index < -0.39 is 5.54 Å². The molecule has 0 radical (unpaired) electrons. The number of amides is 1. The van der Waals surface area contributed by atoms with Gasteiger partial charge < -0.3 is 15.4 Å². The minimum atomic E-state index is -0.616. The molecule has 8 heteroatoms. The molecule has 2 saturated carbocycles. The molecule has 194 valence electrons. The monoisotopic (exact) mass is 504 g/mol. The van der Waals surface area contributed by atoms with Crippen LogP contribution in [0.5, 0.6) is 5.75 Å². The first-order valence-electron chi connectivity index (χ1n) is 13.1. The number of nitrogens with zero attached hydrogens (tertiary/aromatic N) is 2. The van der Waals surface area contributed by atoms with Crippen molar-refractivity contribution in [3.63, 3.8) is 0 Å². The topological polar surface area (TPSA) is 85.2 Å². The summed E-state index contributed by atoms with van der Waals surface area (Å²) < 4.78 is 21.8. The second kappa shape index (κ2) is 10.4. The number of hydrogen-bond donors (Lipinski definition) is 2. The first-order chi connectivity index (χ1) is 17.9. The van der Waals surface area contributed by atoms with Crippen molar-refractivity contribution >= 4 is 11.7 Å². The van der Waals surface area contributed by atoms with E-state index in [1.807, 2.05) is 13.0 Å². The second-order valence-electron chi connectivity index (χ2n) is 10.1. The third-order valence-corrected chi connectivity index (χ3v) is 7.05. The lowest BCUT2D eigenvalue weighted by atomic mass is 10.0. The van der Waals surface area contributed by atoms with Crippen molar-refractivity contribution in [1.29, 1.82) is 0 Å². The first kappa shape index (κ1) is 25.0. The molecular formula is C29H33FN4O3. The number of nitrogens with one attached hydrogen (secondary N) is 2. The number of benzene rings is 2. The molecule has 2 N–H and O–H groups in total. The Balaban J connectivity index is 1.43. The minimum Gasteiger partial charge on any atom is -0.493 e. The van der Waals surface area contributed by atoms with Crippen LogP contribution in [0.25, 0.3) is 5.69 Å². The SMILES string of the molecule is CCCCCOc1ccc(F)cc1C1(Nc2nccn(-c3cc(C(=O)NC4CC4)ccc3C)c2=O)CC1. The number of ether oxygens (including phenoxy) is 1. The van der Waals surface area contributed by atoms with E-state index in [0.29, 0.717) is 29.2 Å². The van der Waals surface area contributed by atoms with Crippen LogP contribution in [0.3, 0.4) is 0 Å². The molecule has 37 heavy (non-hydrogen) atoms. The summed E-state index contributed by atoms with van der Waals surface area (Å²) >= 11 is 0. The standard InChI is InChI=1S/C29H33FN4O3/c1-3-4-5-16-37-25-11-8-21(30)18-23(25)29(12-13-29)33-26-28(36)34(15-14-31-26)24-17-20(7-6-19(24)2)27(35)32-22-9-10-22/h6-8,11,14-15,17-18,22H,3-5,9-10,12-13,16H2,1-2H3,(H,31,33)(H,32,35). The molecule has 2 aliphatic rings. The van der Waals surface area contributed by atoms with Crippen molar-refractivity contribution in [3.05, 3.63) is 81.7 Å². The van der Waals surface area contributed by atoms with Gasteiger partial charge in [0.2, 0.25) is 0 Å². The minimum absolute atomic E-state index is 0.140. The largest absolute Gasteiger partial charge is 0.493 e. The summed E-state index contributed by atoms with van der Waals surface area (Å²) in [6.07, 6.45) is 9.70. The van der Waals surface area contributed by atoms with Gasteiger partial charge in [0.1, 0.15) is 11.6 Å². The first-order valence-corrected chi connectivity index (χ1v) is 13.1. The van der Waals surface area contributed by atoms with Gasteiger partial charge in [-0.05, 0) is 74.9 Å². The number of halogens is 1. The van der Waals surface area contributed by atoms with Gasteiger partial charge in [0.15, 0.2) is 5.82 Å². The van der Waals surface area contributed by atoms with E-state index in [2.05, 4.69) is 22.5 Å². The summed E-state index contributed by atoms with van der Waals surface area (Å²) in [5.74, 6) is 0.315. The van der Waals surface area contributed by atoms with Crippen LogP contribution in [-0.4, -0.2) is 28.1 Å². The highest BCUT2D eigenvalue weighted by Gasteiger charge is 2.47. The zero-order valence-electron chi connectivity index (χ0n) is 21.4. The number of hydrogen-bond acceptors (Lipinski definition) is 5. The molecule has 0 saturated heterocycles. The summed E-state index contributed by atoms with van der Waals surface area (Å²) in [5.41, 5.74) is 1.74. The molecule has 2 fully saturated rings. The van der Waals surface area contributed by atoms with E-state index in [9.17, 15) is 14.0 Å². The highest BCUT2D eigenvalue weighted by molar-refractivity contribution is 5.95. The summed E-state index contributed by atoms with van der Waals surface area (Å²) in [6.45, 7) is 4.59. The van der Waals surface area contributed by atoms with E-state index in [1.165, 1.54) is 16.7 Å². The van der Waals surface area contributed by atoms with Gasteiger partial charge in [-0.3, -0.25) is 14.2 Å². The van der Waals surface area contributed by atoms with Crippen molar-refractivity contribution in [2.24, 2.45) is 0 Å². The maximum Gasteiger partial charge on any atom is 0.297 e. The van der Waals surface area contributed by atoms with Crippen LogP contribution in [0.15, 0.2) is 53.6 Å². The van der Waals surface area contributed by atoms with E-state index >= 15 is 0 Å². The van der Waals surface area contributed by atoms with Crippen LogP contribution in [0.1, 0.15) is 73.4 Å². The van der Waals surface area contributed by atoms with Crippen molar-refractivity contribution < 1.29 is 13.9 Å². The lowest BCUT2D eigenvalue weighted by Crippen LogP contribution is -2.30. The highest BCUT2D eigenvalue weighted by atomic mass is 19.1. The number of rotatable bonds is 11. The zero-order chi connectivity index (χ0) is 26.0. The maximum absolute atomic E-state index is 14.3. The lowest BCUT2D eigenvalue weighted by Gasteiger charge is -2.22. The second-order valence-corrected chi connectivity index (χ2v) is 10.1. The molecule has 2 aliphatic carbocycles. The number of anilines is 1. The molecule has 7 nitrogen and oxygen atoms in total. The molecule has 5 rings (SSSR count). The predicted molar refractivity (Wildman–Crippen MR) is 141 cm³/mol. The van der Waals surface area contributed by atoms with Gasteiger partial charge in [-0.2, -0.15) is 0 Å². The average Bonchev–Trinajstić information content (AvgIpc) is 3.82. The van der Waals surface area contributed by atoms with Crippen LogP contribution in [0.4, 0.5) is 10.2 Å². The molecular weight excluding hydrogens is 471 g/mol. The Kier molecular flexibility index (Phi) is 7.00. The van der Waals surface area contributed by atoms with E-state index in [1.54, 1.807) is 30.6 Å². The molecule has 0 aliphatic heterocycles. The van der Waals surface area contributed by atoms with Gasteiger partial charge in [0, 0.05) is 29.6 Å². The highest BCUT2D eigenvalue weighted by Crippen LogP contribution is 2.51. The number of unbranched alkanes of at least 4 members (excludes halogenated alkanes) is 2. The van der Waals surface area contributed by atoms with Crippen LogP contribution < -0.4 is 20.9 Å². The summed E-state index contributed by atoms with van der Waals surface area (Å²) in [6, 6.07) is 10.1. The zero-order valence-corrected chi connectivity index (χ0v) is 21.4. The summed E-state index contributed by atoms with van der Waals surface area (Å²) in [4.78, 5) is 30.5. The molecule has 0 atom stereocenters. The third-order valence-electron chi connectivity index (χ3n) is 7.05. The van der Waals surface area contributed by atoms with Crippen molar-refractivity contribution in [2.75, 3.05) is 11.9 Å². The molecule has 0 spiro atoms. The Morgan fingerprint density at radius 1 is 1.19 bits per heavy atom. The maximum atomic E-state index is 14.3. The van der Waals surface area contributed by atoms with E-state index in [-0.39, 0.29) is 29.1 Å². The Morgan fingerprint density at radius 3 is 2.73 bits per heavy atom. The number of carbonyl (C=O) groups is 1. The van der Waals surface area contributed by atoms with Crippen molar-refractivity contribution in [2.45, 2.75) is 70.4 Å². The van der Waals surface area contributed by atoms with Crippen molar-refractivity contribution in [3.8, 4) is 11.4 Å². The van der Waals surface area contributed by atoms with Gasteiger partial charge in [-0.15, -0.1) is 0 Å². The van der Waals surface area contributed by atoms with Gasteiger partial charge in [0.25, 0.3) is 11.5 Å². The summed E-state index contributed by atoms with van der Waals surface area (Å²) in [5, 5.41) is 6.30. The normalized spacial score (nSPS) is 15.8. The molecule has 0 bridgehead atoms. The summed E-state index contributed by atoms with van der Waals surface area (Å²) in [7, 11) is 0. The fraction of sp³-hybridized carbons (Fsp3) is 0.414.